The summed E-state index contributed by atoms with van der Waals surface area (Å²) in [6.07, 6.45) is -10.4. The van der Waals surface area contributed by atoms with Crippen LogP contribution in [0.1, 0.15) is 21.5 Å². The van der Waals surface area contributed by atoms with Gasteiger partial charge < -0.3 is 4.74 Å². The van der Waals surface area contributed by atoms with Crippen LogP contribution in [0.5, 0.6) is 5.75 Å². The van der Waals surface area contributed by atoms with Crippen molar-refractivity contribution < 1.29 is 44.3 Å². The lowest BCUT2D eigenvalue weighted by atomic mass is 10.0. The third kappa shape index (κ3) is 4.71. The summed E-state index contributed by atoms with van der Waals surface area (Å²) >= 11 is 0.635. The van der Waals surface area contributed by atoms with Gasteiger partial charge in [-0.2, -0.15) is 26.3 Å². The van der Waals surface area contributed by atoms with Crippen LogP contribution < -0.4 is 9.46 Å². The summed E-state index contributed by atoms with van der Waals surface area (Å²) in [5, 5.41) is 1.28. The van der Waals surface area contributed by atoms with E-state index in [1.54, 1.807) is 0 Å². The minimum Gasteiger partial charge on any atom is -0.496 e. The molecule has 1 N–H and O–H groups in total. The summed E-state index contributed by atoms with van der Waals surface area (Å²) in [7, 11) is -3.30. The van der Waals surface area contributed by atoms with Gasteiger partial charge in [-0.3, -0.25) is 4.79 Å². The molecule has 1 amide bonds. The number of benzene rings is 1. The van der Waals surface area contributed by atoms with Gasteiger partial charge in [0.2, 0.25) is 0 Å². The Hall–Kier alpha value is -2.28. The molecule has 0 saturated heterocycles. The molecular weight excluding hydrogens is 424 g/mol. The van der Waals surface area contributed by atoms with Crippen molar-refractivity contribution >= 4 is 27.3 Å². The van der Waals surface area contributed by atoms with Crippen LogP contribution in [-0.4, -0.2) is 21.4 Å². The van der Waals surface area contributed by atoms with E-state index in [1.807, 2.05) is 0 Å². The fourth-order valence-corrected chi connectivity index (χ4v) is 4.01. The molecule has 0 unspecified atom stereocenters. The number of amides is 1. The Labute approximate surface area is 152 Å². The second-order valence-electron chi connectivity index (χ2n) is 5.00. The number of nitrogens with one attached hydrogen (secondary N) is 1. The summed E-state index contributed by atoms with van der Waals surface area (Å²) in [5.74, 6) is -1.58. The van der Waals surface area contributed by atoms with Crippen molar-refractivity contribution in [3.05, 3.63) is 46.3 Å². The van der Waals surface area contributed by atoms with E-state index >= 15 is 0 Å². The number of thiophene rings is 1. The number of methoxy groups -OCH3 is 1. The first-order chi connectivity index (χ1) is 12.3. The lowest BCUT2D eigenvalue weighted by molar-refractivity contribution is -0.143. The van der Waals surface area contributed by atoms with Gasteiger partial charge in [0.1, 0.15) is 9.96 Å². The zero-order valence-electron chi connectivity index (χ0n) is 13.1. The van der Waals surface area contributed by atoms with Gasteiger partial charge in [0.15, 0.2) is 0 Å². The zero-order chi connectivity index (χ0) is 20.6. The molecule has 0 aliphatic rings. The minimum atomic E-state index is -5.32. The number of sulfonamides is 1. The van der Waals surface area contributed by atoms with Crippen molar-refractivity contribution in [2.24, 2.45) is 0 Å². The number of carbonyl (C=O) groups excluding carboxylic acids is 1. The number of hydrogen-bond donors (Lipinski definition) is 1. The standard InChI is InChI=1S/C14H9F6NO4S2/c1-25-8-5-11(26-6-8)27(23,24)21-12(22)9-3-2-7(13(15,16)17)4-10(9)14(18,19)20/h2-6H,1H3,(H,21,22). The molecule has 13 heteroatoms. The number of rotatable bonds is 4. The molecule has 0 aliphatic heterocycles. The van der Waals surface area contributed by atoms with E-state index in [2.05, 4.69) is 0 Å². The summed E-state index contributed by atoms with van der Waals surface area (Å²) in [6.45, 7) is 0. The minimum absolute atomic E-state index is 0.137. The first-order valence-electron chi connectivity index (χ1n) is 6.74. The molecule has 27 heavy (non-hydrogen) atoms. The molecule has 0 aliphatic carbocycles. The molecule has 0 fully saturated rings. The number of alkyl halides is 6. The normalized spacial score (nSPS) is 12.7. The van der Waals surface area contributed by atoms with Gasteiger partial charge in [0.25, 0.3) is 15.9 Å². The van der Waals surface area contributed by atoms with Crippen LogP contribution in [0.15, 0.2) is 33.9 Å². The Morgan fingerprint density at radius 1 is 1.07 bits per heavy atom. The van der Waals surface area contributed by atoms with Crippen LogP contribution in [0.25, 0.3) is 0 Å². The average Bonchev–Trinajstić information content (AvgIpc) is 3.02. The van der Waals surface area contributed by atoms with E-state index in [-0.39, 0.29) is 23.9 Å². The van der Waals surface area contributed by atoms with Crippen molar-refractivity contribution in [2.75, 3.05) is 7.11 Å². The predicted octanol–water partition coefficient (Wildman–Crippen LogP) is 3.91. The lowest BCUT2D eigenvalue weighted by Gasteiger charge is -2.15. The number of carbonyl (C=O) groups is 1. The molecule has 1 aromatic heterocycles. The molecule has 0 bridgehead atoms. The van der Waals surface area contributed by atoms with Crippen molar-refractivity contribution in [3.63, 3.8) is 0 Å². The van der Waals surface area contributed by atoms with Crippen LogP contribution >= 0.6 is 11.3 Å². The van der Waals surface area contributed by atoms with Crippen LogP contribution in [-0.2, 0) is 22.4 Å². The highest BCUT2D eigenvalue weighted by Gasteiger charge is 2.40. The highest BCUT2D eigenvalue weighted by Crippen LogP contribution is 2.37. The van der Waals surface area contributed by atoms with Crippen LogP contribution in [0.3, 0.4) is 0 Å². The van der Waals surface area contributed by atoms with Gasteiger partial charge in [0.05, 0.1) is 23.8 Å². The maximum absolute atomic E-state index is 13.1. The molecule has 5 nitrogen and oxygen atoms in total. The monoisotopic (exact) mass is 433 g/mol. The van der Waals surface area contributed by atoms with Gasteiger partial charge in [-0.25, -0.2) is 13.1 Å². The maximum atomic E-state index is 13.1. The van der Waals surface area contributed by atoms with E-state index in [9.17, 15) is 39.6 Å². The van der Waals surface area contributed by atoms with Crippen molar-refractivity contribution in [1.82, 2.24) is 4.72 Å². The van der Waals surface area contributed by atoms with Gasteiger partial charge in [-0.1, -0.05) is 0 Å². The van der Waals surface area contributed by atoms with Crippen molar-refractivity contribution in [3.8, 4) is 5.75 Å². The van der Waals surface area contributed by atoms with Gasteiger partial charge in [0, 0.05) is 11.4 Å². The topological polar surface area (TPSA) is 72.5 Å². The predicted molar refractivity (Wildman–Crippen MR) is 82.0 cm³/mol. The Morgan fingerprint density at radius 2 is 1.70 bits per heavy atom. The third-order valence-corrected chi connectivity index (χ3v) is 5.92. The third-order valence-electron chi connectivity index (χ3n) is 3.18. The Kier molecular flexibility index (Phi) is 5.48. The second kappa shape index (κ2) is 7.03. The average molecular weight is 433 g/mol. The molecule has 148 valence electrons. The Morgan fingerprint density at radius 3 is 2.19 bits per heavy atom. The Bertz CT molecular complexity index is 963. The Balaban J connectivity index is 2.43. The van der Waals surface area contributed by atoms with Crippen molar-refractivity contribution in [1.29, 1.82) is 0 Å². The number of ether oxygens (including phenoxy) is 1. The maximum Gasteiger partial charge on any atom is 0.417 e. The molecular formula is C14H9F6NO4S2. The number of halogens is 6. The first kappa shape index (κ1) is 21.0. The molecule has 1 heterocycles. The number of hydrogen-bond acceptors (Lipinski definition) is 5. The van der Waals surface area contributed by atoms with E-state index in [0.717, 1.165) is 6.07 Å². The van der Waals surface area contributed by atoms with Gasteiger partial charge >= 0.3 is 12.4 Å². The smallest absolute Gasteiger partial charge is 0.417 e. The highest BCUT2D eigenvalue weighted by atomic mass is 32.2. The summed E-state index contributed by atoms with van der Waals surface area (Å²) in [5.41, 5.74) is -4.80. The lowest BCUT2D eigenvalue weighted by Crippen LogP contribution is -2.32. The molecule has 2 aromatic rings. The highest BCUT2D eigenvalue weighted by molar-refractivity contribution is 7.92. The molecule has 0 atom stereocenters. The fourth-order valence-electron chi connectivity index (χ4n) is 1.93. The summed E-state index contributed by atoms with van der Waals surface area (Å²) in [4.78, 5) is 12.0. The second-order valence-corrected chi connectivity index (χ2v) is 7.82. The fraction of sp³-hybridized carbons (Fsp3) is 0.214. The molecule has 0 spiro atoms. The largest absolute Gasteiger partial charge is 0.496 e. The first-order valence-corrected chi connectivity index (χ1v) is 9.10. The van der Waals surface area contributed by atoms with E-state index in [1.165, 1.54) is 17.2 Å². The summed E-state index contributed by atoms with van der Waals surface area (Å²) < 4.78 is 107. The SMILES string of the molecule is COc1csc(S(=O)(=O)NC(=O)c2ccc(C(F)(F)F)cc2C(F)(F)F)c1. The summed E-state index contributed by atoms with van der Waals surface area (Å²) in [6, 6.07) is 1.30. The van der Waals surface area contributed by atoms with Crippen LogP contribution in [0, 0.1) is 0 Å². The zero-order valence-corrected chi connectivity index (χ0v) is 14.7. The van der Waals surface area contributed by atoms with Gasteiger partial charge in [-0.15, -0.1) is 11.3 Å². The molecule has 1 aromatic carbocycles. The molecule has 2 rings (SSSR count). The van der Waals surface area contributed by atoms with E-state index in [4.69, 9.17) is 4.74 Å². The molecule has 0 radical (unpaired) electrons. The van der Waals surface area contributed by atoms with Crippen LogP contribution in [0.4, 0.5) is 26.3 Å². The van der Waals surface area contributed by atoms with E-state index < -0.39 is 49.2 Å². The van der Waals surface area contributed by atoms with Gasteiger partial charge in [-0.05, 0) is 18.2 Å². The quantitative estimate of drug-likeness (QED) is 0.743. The van der Waals surface area contributed by atoms with Crippen molar-refractivity contribution in [2.45, 2.75) is 16.6 Å². The van der Waals surface area contributed by atoms with Crippen LogP contribution in [0.2, 0.25) is 0 Å². The van der Waals surface area contributed by atoms with E-state index in [0.29, 0.717) is 11.3 Å². The molecule has 0 saturated carbocycles.